The molecule has 142 valence electrons. The van der Waals surface area contributed by atoms with Gasteiger partial charge in [-0.3, -0.25) is 14.4 Å². The lowest BCUT2D eigenvalue weighted by atomic mass is 9.91. The van der Waals surface area contributed by atoms with Gasteiger partial charge in [-0.2, -0.15) is 0 Å². The Morgan fingerprint density at radius 2 is 1.93 bits per heavy atom. The van der Waals surface area contributed by atoms with E-state index in [1.807, 2.05) is 6.07 Å². The first-order chi connectivity index (χ1) is 13.6. The summed E-state index contributed by atoms with van der Waals surface area (Å²) in [6.07, 6.45) is 3.84. The lowest BCUT2D eigenvalue weighted by Crippen LogP contribution is -2.49. The Morgan fingerprint density at radius 3 is 2.68 bits per heavy atom. The number of aromatic nitrogens is 2. The van der Waals surface area contributed by atoms with Crippen LogP contribution in [0.5, 0.6) is 0 Å². The van der Waals surface area contributed by atoms with Gasteiger partial charge in [-0.15, -0.1) is 0 Å². The number of nitrogens with zero attached hydrogens (tertiary/aromatic N) is 1. The number of rotatable bonds is 6. The van der Waals surface area contributed by atoms with Crippen molar-refractivity contribution in [2.24, 2.45) is 5.92 Å². The van der Waals surface area contributed by atoms with E-state index in [2.05, 4.69) is 20.6 Å². The Bertz CT molecular complexity index is 1020. The number of H-pyrrole nitrogens is 1. The Hall–Kier alpha value is -3.32. The molecule has 3 heterocycles. The summed E-state index contributed by atoms with van der Waals surface area (Å²) in [5.74, 6) is -1.72. The highest BCUT2D eigenvalue weighted by Crippen LogP contribution is 2.19. The fourth-order valence-corrected chi connectivity index (χ4v) is 3.61. The molecule has 1 aliphatic rings. The minimum absolute atomic E-state index is 0.0610. The molecule has 0 saturated carbocycles. The second kappa shape index (κ2) is 7.74. The molecule has 0 spiro atoms. The zero-order valence-electron chi connectivity index (χ0n) is 15.1. The SMILES string of the molecule is O=C(NC(C(=O)c1ccccc1)C1CCNC1)C(=O)c1c[nH]c2ncccc12. The highest BCUT2D eigenvalue weighted by Gasteiger charge is 2.34. The quantitative estimate of drug-likeness (QED) is 0.449. The number of benzene rings is 1. The number of ketones is 2. The summed E-state index contributed by atoms with van der Waals surface area (Å²) in [6.45, 7) is 1.40. The minimum Gasteiger partial charge on any atom is -0.345 e. The molecule has 1 aliphatic heterocycles. The van der Waals surface area contributed by atoms with Crippen molar-refractivity contribution in [3.63, 3.8) is 0 Å². The van der Waals surface area contributed by atoms with Crippen molar-refractivity contribution >= 4 is 28.5 Å². The summed E-state index contributed by atoms with van der Waals surface area (Å²) in [6, 6.07) is 11.5. The first-order valence-electron chi connectivity index (χ1n) is 9.22. The monoisotopic (exact) mass is 376 g/mol. The molecule has 7 nitrogen and oxygen atoms in total. The normalized spacial score (nSPS) is 17.4. The van der Waals surface area contributed by atoms with Crippen LogP contribution >= 0.6 is 0 Å². The third kappa shape index (κ3) is 3.44. The van der Waals surface area contributed by atoms with Gasteiger partial charge in [-0.1, -0.05) is 30.3 Å². The summed E-state index contributed by atoms with van der Waals surface area (Å²) in [7, 11) is 0. The molecule has 0 aliphatic carbocycles. The van der Waals surface area contributed by atoms with Gasteiger partial charge in [0.1, 0.15) is 5.65 Å². The molecule has 7 heteroatoms. The van der Waals surface area contributed by atoms with Gasteiger partial charge in [0.15, 0.2) is 5.78 Å². The zero-order valence-corrected chi connectivity index (χ0v) is 15.1. The Morgan fingerprint density at radius 1 is 1.11 bits per heavy atom. The van der Waals surface area contributed by atoms with E-state index < -0.39 is 17.7 Å². The van der Waals surface area contributed by atoms with Gasteiger partial charge in [-0.25, -0.2) is 4.98 Å². The Kier molecular flexibility index (Phi) is 4.99. The molecular weight excluding hydrogens is 356 g/mol. The van der Waals surface area contributed by atoms with Crippen LogP contribution in [-0.2, 0) is 4.79 Å². The third-order valence-corrected chi connectivity index (χ3v) is 5.10. The molecule has 2 atom stereocenters. The molecule has 0 radical (unpaired) electrons. The van der Waals surface area contributed by atoms with Crippen molar-refractivity contribution in [1.82, 2.24) is 20.6 Å². The number of amides is 1. The van der Waals surface area contributed by atoms with Crippen LogP contribution in [0.3, 0.4) is 0 Å². The second-order valence-electron chi connectivity index (χ2n) is 6.87. The molecule has 1 saturated heterocycles. The van der Waals surface area contributed by atoms with Gasteiger partial charge in [0.05, 0.1) is 11.6 Å². The Labute approximate surface area is 161 Å². The molecule has 2 unspecified atom stereocenters. The van der Waals surface area contributed by atoms with Crippen molar-refractivity contribution in [2.45, 2.75) is 12.5 Å². The van der Waals surface area contributed by atoms with Gasteiger partial charge >= 0.3 is 0 Å². The fourth-order valence-electron chi connectivity index (χ4n) is 3.61. The molecule has 2 aromatic heterocycles. The largest absolute Gasteiger partial charge is 0.345 e. The van der Waals surface area contributed by atoms with Crippen molar-refractivity contribution in [1.29, 1.82) is 0 Å². The number of fused-ring (bicyclic) bond motifs is 1. The van der Waals surface area contributed by atoms with Crippen LogP contribution in [0.15, 0.2) is 54.9 Å². The van der Waals surface area contributed by atoms with Crippen LogP contribution in [0.25, 0.3) is 11.0 Å². The summed E-state index contributed by atoms with van der Waals surface area (Å²) < 4.78 is 0. The van der Waals surface area contributed by atoms with E-state index in [4.69, 9.17) is 0 Å². The fraction of sp³-hybridized carbons (Fsp3) is 0.238. The average molecular weight is 376 g/mol. The minimum atomic E-state index is -0.786. The molecule has 0 bridgehead atoms. The zero-order chi connectivity index (χ0) is 19.5. The van der Waals surface area contributed by atoms with Gasteiger partial charge in [0.2, 0.25) is 0 Å². The average Bonchev–Trinajstić information content (AvgIpc) is 3.41. The number of carbonyl (C=O) groups excluding carboxylic acids is 3. The lowest BCUT2D eigenvalue weighted by Gasteiger charge is -2.22. The van der Waals surface area contributed by atoms with E-state index in [1.54, 1.807) is 42.6 Å². The smallest absolute Gasteiger partial charge is 0.293 e. The van der Waals surface area contributed by atoms with Crippen LogP contribution in [0, 0.1) is 5.92 Å². The number of aromatic amines is 1. The predicted molar refractivity (Wildman–Crippen MR) is 104 cm³/mol. The summed E-state index contributed by atoms with van der Waals surface area (Å²) in [5, 5.41) is 6.49. The van der Waals surface area contributed by atoms with E-state index in [0.29, 0.717) is 23.1 Å². The maximum Gasteiger partial charge on any atom is 0.293 e. The predicted octanol–water partition coefficient (Wildman–Crippen LogP) is 1.72. The standard InChI is InChI=1S/C21H20N4O3/c26-18(13-5-2-1-3-6-13)17(14-8-10-22-11-14)25-21(28)19(27)16-12-24-20-15(16)7-4-9-23-20/h1-7,9,12,14,17,22H,8,10-11H2,(H,23,24)(H,25,28). The maximum absolute atomic E-state index is 13.0. The third-order valence-electron chi connectivity index (χ3n) is 5.10. The van der Waals surface area contributed by atoms with Crippen LogP contribution in [0.2, 0.25) is 0 Å². The number of carbonyl (C=O) groups is 3. The van der Waals surface area contributed by atoms with Crippen LogP contribution in [0.1, 0.15) is 27.1 Å². The van der Waals surface area contributed by atoms with E-state index in [1.165, 1.54) is 6.20 Å². The van der Waals surface area contributed by atoms with E-state index >= 15 is 0 Å². The molecule has 3 N–H and O–H groups in total. The summed E-state index contributed by atoms with van der Waals surface area (Å²) in [4.78, 5) is 45.5. The lowest BCUT2D eigenvalue weighted by molar-refractivity contribution is -0.117. The molecule has 1 aromatic carbocycles. The number of Topliss-reactive ketones (excluding diaryl/α,β-unsaturated/α-hetero) is 2. The van der Waals surface area contributed by atoms with Crippen molar-refractivity contribution in [3.8, 4) is 0 Å². The van der Waals surface area contributed by atoms with E-state index in [0.717, 1.165) is 13.0 Å². The summed E-state index contributed by atoms with van der Waals surface area (Å²) >= 11 is 0. The summed E-state index contributed by atoms with van der Waals surface area (Å²) in [5.41, 5.74) is 1.30. The van der Waals surface area contributed by atoms with Gasteiger partial charge in [0.25, 0.3) is 11.7 Å². The molecular formula is C21H20N4O3. The van der Waals surface area contributed by atoms with Crippen LogP contribution < -0.4 is 10.6 Å². The topological polar surface area (TPSA) is 104 Å². The van der Waals surface area contributed by atoms with Gasteiger partial charge in [0, 0.05) is 35.8 Å². The first-order valence-corrected chi connectivity index (χ1v) is 9.22. The number of pyridine rings is 1. The molecule has 1 fully saturated rings. The number of nitrogens with one attached hydrogen (secondary N) is 3. The highest BCUT2D eigenvalue weighted by molar-refractivity contribution is 6.45. The second-order valence-corrected chi connectivity index (χ2v) is 6.87. The van der Waals surface area contributed by atoms with E-state index in [-0.39, 0.29) is 17.3 Å². The van der Waals surface area contributed by atoms with Crippen molar-refractivity contribution in [3.05, 3.63) is 66.0 Å². The van der Waals surface area contributed by atoms with Gasteiger partial charge < -0.3 is 15.6 Å². The van der Waals surface area contributed by atoms with Gasteiger partial charge in [-0.05, 0) is 25.1 Å². The molecule has 1 amide bonds. The van der Waals surface area contributed by atoms with E-state index in [9.17, 15) is 14.4 Å². The molecule has 4 rings (SSSR count). The number of hydrogen-bond donors (Lipinski definition) is 3. The first kappa shape index (κ1) is 18.1. The number of hydrogen-bond acceptors (Lipinski definition) is 5. The van der Waals surface area contributed by atoms with Crippen molar-refractivity contribution in [2.75, 3.05) is 13.1 Å². The van der Waals surface area contributed by atoms with Crippen LogP contribution in [-0.4, -0.2) is 46.6 Å². The van der Waals surface area contributed by atoms with Crippen LogP contribution in [0.4, 0.5) is 0 Å². The maximum atomic E-state index is 13.0. The highest BCUT2D eigenvalue weighted by atomic mass is 16.2. The van der Waals surface area contributed by atoms with Crippen molar-refractivity contribution < 1.29 is 14.4 Å². The molecule has 28 heavy (non-hydrogen) atoms. The Balaban J connectivity index is 1.58. The molecule has 3 aromatic rings.